The van der Waals surface area contributed by atoms with Crippen LogP contribution in [0, 0.1) is 5.82 Å². The fourth-order valence-electron chi connectivity index (χ4n) is 3.86. The molecule has 1 aromatic heterocycles. The summed E-state index contributed by atoms with van der Waals surface area (Å²) in [7, 11) is 0. The molecule has 0 bridgehead atoms. The van der Waals surface area contributed by atoms with Crippen molar-refractivity contribution in [3.05, 3.63) is 82.8 Å². The van der Waals surface area contributed by atoms with Gasteiger partial charge < -0.3 is 14.1 Å². The van der Waals surface area contributed by atoms with Gasteiger partial charge in [0.25, 0.3) is 0 Å². The van der Waals surface area contributed by atoms with Crippen LogP contribution in [0.5, 0.6) is 5.75 Å². The van der Waals surface area contributed by atoms with Crippen LogP contribution in [0.25, 0.3) is 12.2 Å². The van der Waals surface area contributed by atoms with Crippen molar-refractivity contribution in [2.75, 3.05) is 31.1 Å². The van der Waals surface area contributed by atoms with Crippen molar-refractivity contribution in [3.63, 3.8) is 0 Å². The number of benzene rings is 2. The molecule has 1 aliphatic heterocycles. The normalized spacial score (nSPS) is 15.0. The topological polar surface area (TPSA) is 38.5 Å². The summed E-state index contributed by atoms with van der Waals surface area (Å²) in [5.74, 6) is 2.44. The van der Waals surface area contributed by atoms with Crippen molar-refractivity contribution >= 4 is 23.9 Å². The highest BCUT2D eigenvalue weighted by Crippen LogP contribution is 2.30. The number of thioether (sulfide) groups is 1. The smallest absolute Gasteiger partial charge is 0.416 e. The molecule has 36 heavy (non-hydrogen) atoms. The third kappa shape index (κ3) is 7.86. The van der Waals surface area contributed by atoms with Crippen molar-refractivity contribution in [2.24, 2.45) is 0 Å². The van der Waals surface area contributed by atoms with Gasteiger partial charge in [0, 0.05) is 36.2 Å². The number of unbranched alkanes of at least 4 members (excludes halogenated alkanes) is 1. The Kier molecular flexibility index (Phi) is 9.09. The van der Waals surface area contributed by atoms with Gasteiger partial charge in [0.15, 0.2) is 0 Å². The number of aryl methyl sites for hydroxylation is 1. The fraction of sp³-hybridized carbons (Fsp3) is 0.370. The summed E-state index contributed by atoms with van der Waals surface area (Å²) < 4.78 is 63.1. The number of oxazole rings is 1. The molecule has 0 aliphatic carbocycles. The summed E-state index contributed by atoms with van der Waals surface area (Å²) in [5, 5.41) is 0. The number of aromatic nitrogens is 1. The molecule has 0 spiro atoms. The molecule has 0 atom stereocenters. The van der Waals surface area contributed by atoms with Gasteiger partial charge >= 0.3 is 6.18 Å². The average Bonchev–Trinajstić information content (AvgIpc) is 3.33. The molecule has 0 unspecified atom stereocenters. The highest BCUT2D eigenvalue weighted by molar-refractivity contribution is 7.99. The first-order valence-corrected chi connectivity index (χ1v) is 13.0. The third-order valence-electron chi connectivity index (χ3n) is 5.91. The third-order valence-corrected chi connectivity index (χ3v) is 6.85. The lowest BCUT2D eigenvalue weighted by Crippen LogP contribution is -2.33. The average molecular weight is 521 g/mol. The van der Waals surface area contributed by atoms with Gasteiger partial charge in [-0.3, -0.25) is 0 Å². The van der Waals surface area contributed by atoms with E-state index in [1.54, 1.807) is 0 Å². The molecule has 9 heteroatoms. The first kappa shape index (κ1) is 26.3. The standard InChI is InChI=1S/C27H28F4N2O2S/c28-25-17-22(27(29,30)31)8-6-21(25)7-11-26-32-23(19-35-26)18-34-24-9-4-20(5-10-24)3-1-2-12-33-13-15-36-16-14-33/h4-11,17,19H,1-3,12-16,18H2/b11-7+. The monoisotopic (exact) mass is 520 g/mol. The molecule has 0 N–H and O–H groups in total. The van der Waals surface area contributed by atoms with Crippen LogP contribution in [0.2, 0.25) is 0 Å². The molecule has 0 saturated carbocycles. The molecule has 4 rings (SSSR count). The van der Waals surface area contributed by atoms with Crippen LogP contribution in [0.4, 0.5) is 17.6 Å². The first-order valence-electron chi connectivity index (χ1n) is 11.9. The zero-order valence-electron chi connectivity index (χ0n) is 19.8. The Balaban J connectivity index is 1.21. The Morgan fingerprint density at radius 1 is 1.03 bits per heavy atom. The number of rotatable bonds is 10. The highest BCUT2D eigenvalue weighted by Gasteiger charge is 2.31. The minimum atomic E-state index is -4.59. The molecule has 3 aromatic rings. The second kappa shape index (κ2) is 12.5. The van der Waals surface area contributed by atoms with Gasteiger partial charge in [0.1, 0.15) is 30.1 Å². The minimum Gasteiger partial charge on any atom is -0.487 e. The predicted molar refractivity (Wildman–Crippen MR) is 134 cm³/mol. The molecule has 2 aromatic carbocycles. The molecule has 2 heterocycles. The summed E-state index contributed by atoms with van der Waals surface area (Å²) in [6.45, 7) is 3.78. The van der Waals surface area contributed by atoms with E-state index in [-0.39, 0.29) is 18.1 Å². The molecular formula is C27H28F4N2O2S. The van der Waals surface area contributed by atoms with Crippen LogP contribution in [-0.4, -0.2) is 41.0 Å². The minimum absolute atomic E-state index is 0.00434. The van der Waals surface area contributed by atoms with E-state index in [2.05, 4.69) is 22.0 Å². The van der Waals surface area contributed by atoms with Crippen molar-refractivity contribution in [1.82, 2.24) is 9.88 Å². The van der Waals surface area contributed by atoms with Gasteiger partial charge in [-0.25, -0.2) is 9.37 Å². The van der Waals surface area contributed by atoms with Gasteiger partial charge in [-0.05, 0) is 61.7 Å². The number of hydrogen-bond acceptors (Lipinski definition) is 5. The number of halogens is 4. The van der Waals surface area contributed by atoms with Crippen LogP contribution in [0.1, 0.15) is 41.1 Å². The second-order valence-corrected chi connectivity index (χ2v) is 9.81. The van der Waals surface area contributed by atoms with Crippen molar-refractivity contribution in [3.8, 4) is 5.75 Å². The predicted octanol–water partition coefficient (Wildman–Crippen LogP) is 6.95. The largest absolute Gasteiger partial charge is 0.487 e. The van der Waals surface area contributed by atoms with Crippen LogP contribution in [0.3, 0.4) is 0 Å². The van der Waals surface area contributed by atoms with Gasteiger partial charge in [0.2, 0.25) is 5.89 Å². The maximum atomic E-state index is 14.0. The van der Waals surface area contributed by atoms with Gasteiger partial charge in [-0.15, -0.1) is 0 Å². The lowest BCUT2D eigenvalue weighted by atomic mass is 10.1. The van der Waals surface area contributed by atoms with Crippen molar-refractivity contribution in [1.29, 1.82) is 0 Å². The van der Waals surface area contributed by atoms with Gasteiger partial charge in [0.05, 0.1) is 5.56 Å². The quantitative estimate of drug-likeness (QED) is 0.214. The van der Waals surface area contributed by atoms with E-state index in [9.17, 15) is 17.6 Å². The molecule has 0 radical (unpaired) electrons. The first-order chi connectivity index (χ1) is 17.4. The molecular weight excluding hydrogens is 492 g/mol. The molecule has 1 fully saturated rings. The second-order valence-electron chi connectivity index (χ2n) is 8.59. The number of nitrogens with zero attached hydrogens (tertiary/aromatic N) is 2. The van der Waals surface area contributed by atoms with Crippen molar-refractivity contribution < 1.29 is 26.7 Å². The summed E-state index contributed by atoms with van der Waals surface area (Å²) in [4.78, 5) is 6.79. The van der Waals surface area contributed by atoms with Crippen LogP contribution < -0.4 is 4.74 Å². The zero-order chi connectivity index (χ0) is 25.4. The molecule has 1 saturated heterocycles. The highest BCUT2D eigenvalue weighted by atomic mass is 32.2. The molecule has 1 aliphatic rings. The van der Waals surface area contributed by atoms with Crippen LogP contribution in [-0.2, 0) is 19.2 Å². The van der Waals surface area contributed by atoms with E-state index >= 15 is 0 Å². The SMILES string of the molecule is Fc1cc(C(F)(F)F)ccc1/C=C/c1nc(COc2ccc(CCCCN3CCSCC3)cc2)co1. The van der Waals surface area contributed by atoms with E-state index in [1.165, 1.54) is 61.5 Å². The van der Waals surface area contributed by atoms with Crippen molar-refractivity contribution in [2.45, 2.75) is 32.0 Å². The number of alkyl halides is 3. The Hall–Kier alpha value is -2.78. The maximum absolute atomic E-state index is 14.0. The van der Waals surface area contributed by atoms with E-state index in [0.717, 1.165) is 30.7 Å². The molecule has 0 amide bonds. The Morgan fingerprint density at radius 2 is 1.81 bits per heavy atom. The van der Waals surface area contributed by atoms with E-state index in [4.69, 9.17) is 9.15 Å². The lowest BCUT2D eigenvalue weighted by molar-refractivity contribution is -0.137. The summed E-state index contributed by atoms with van der Waals surface area (Å²) >= 11 is 2.04. The molecule has 192 valence electrons. The van der Waals surface area contributed by atoms with Gasteiger partial charge in [-0.2, -0.15) is 24.9 Å². The number of ether oxygens (including phenoxy) is 1. The van der Waals surface area contributed by atoms with Gasteiger partial charge in [-0.1, -0.05) is 18.2 Å². The van der Waals surface area contributed by atoms with E-state index in [0.29, 0.717) is 11.8 Å². The fourth-order valence-corrected chi connectivity index (χ4v) is 4.84. The summed E-state index contributed by atoms with van der Waals surface area (Å²) in [6, 6.07) is 10.4. The Morgan fingerprint density at radius 3 is 2.53 bits per heavy atom. The zero-order valence-corrected chi connectivity index (χ0v) is 20.6. The van der Waals surface area contributed by atoms with E-state index < -0.39 is 17.6 Å². The maximum Gasteiger partial charge on any atom is 0.416 e. The Labute approximate surface area is 212 Å². The lowest BCUT2D eigenvalue weighted by Gasteiger charge is -2.25. The van der Waals surface area contributed by atoms with E-state index in [1.807, 2.05) is 23.9 Å². The van der Waals surface area contributed by atoms with Crippen LogP contribution >= 0.6 is 11.8 Å². The molecule has 4 nitrogen and oxygen atoms in total. The Bertz CT molecular complexity index is 1140. The number of hydrogen-bond donors (Lipinski definition) is 0. The summed E-state index contributed by atoms with van der Waals surface area (Å²) in [5.41, 5.74) is 0.793. The summed E-state index contributed by atoms with van der Waals surface area (Å²) in [6.07, 6.45) is 2.96. The van der Waals surface area contributed by atoms with Crippen LogP contribution in [0.15, 0.2) is 53.1 Å².